The van der Waals surface area contributed by atoms with Gasteiger partial charge in [0.2, 0.25) is 16.8 Å². The van der Waals surface area contributed by atoms with E-state index in [1.165, 1.54) is 10.6 Å². The monoisotopic (exact) mass is 401 g/mol. The van der Waals surface area contributed by atoms with Crippen LogP contribution in [-0.2, 0) is 20.2 Å². The minimum atomic E-state index is -3.46. The number of sulfonamides is 1. The Kier molecular flexibility index (Phi) is 4.67. The fourth-order valence-electron chi connectivity index (χ4n) is 4.20. The van der Waals surface area contributed by atoms with E-state index in [-0.39, 0.29) is 19.1 Å². The molecule has 0 saturated carbocycles. The second kappa shape index (κ2) is 6.90. The van der Waals surface area contributed by atoms with E-state index >= 15 is 0 Å². The number of carbonyl (C=O) groups is 1. The average molecular weight is 401 g/mol. The summed E-state index contributed by atoms with van der Waals surface area (Å²) in [5.41, 5.74) is 1.41. The highest BCUT2D eigenvalue weighted by atomic mass is 32.2. The summed E-state index contributed by atoms with van der Waals surface area (Å²) in [6.07, 6.45) is 2.02. The Morgan fingerprint density at radius 2 is 1.82 bits per heavy atom. The zero-order valence-electron chi connectivity index (χ0n) is 16.0. The molecule has 0 bridgehead atoms. The predicted molar refractivity (Wildman–Crippen MR) is 105 cm³/mol. The second-order valence-electron chi connectivity index (χ2n) is 7.41. The lowest BCUT2D eigenvalue weighted by Crippen LogP contribution is -2.47. The van der Waals surface area contributed by atoms with Gasteiger partial charge in [-0.15, -0.1) is 0 Å². The van der Waals surface area contributed by atoms with Crippen molar-refractivity contribution in [2.75, 3.05) is 26.1 Å². The van der Waals surface area contributed by atoms with Crippen molar-refractivity contribution in [2.45, 2.75) is 25.2 Å². The van der Waals surface area contributed by atoms with E-state index in [1.807, 2.05) is 43.3 Å². The molecule has 0 radical (unpaired) electrons. The number of hydrogen-bond acceptors (Lipinski definition) is 5. The van der Waals surface area contributed by atoms with Crippen LogP contribution in [-0.4, -0.2) is 44.6 Å². The molecule has 2 aliphatic heterocycles. The highest BCUT2D eigenvalue weighted by Gasteiger charge is 2.47. The van der Waals surface area contributed by atoms with Gasteiger partial charge in [-0.2, -0.15) is 0 Å². The van der Waals surface area contributed by atoms with Crippen molar-refractivity contribution in [1.29, 1.82) is 0 Å². The maximum atomic E-state index is 13.6. The molecule has 6 nitrogen and oxygen atoms in total. The van der Waals surface area contributed by atoms with Gasteiger partial charge in [-0.05, 0) is 42.2 Å². The van der Waals surface area contributed by atoms with Crippen molar-refractivity contribution in [3.63, 3.8) is 0 Å². The summed E-state index contributed by atoms with van der Waals surface area (Å²) in [7, 11) is -3.46. The topological polar surface area (TPSA) is 72.9 Å². The van der Waals surface area contributed by atoms with Crippen LogP contribution in [0.5, 0.6) is 11.5 Å². The third-order valence-electron chi connectivity index (χ3n) is 5.64. The van der Waals surface area contributed by atoms with E-state index in [9.17, 15) is 13.2 Å². The summed E-state index contributed by atoms with van der Waals surface area (Å²) in [6.45, 7) is 2.50. The SMILES string of the molecule is Cc1ccccc1C1(c2ccc3c(c2)OCO3)CN(S(C)(=O)=O)CCCC1=O. The van der Waals surface area contributed by atoms with Gasteiger partial charge in [0.1, 0.15) is 5.78 Å². The first kappa shape index (κ1) is 19.0. The fourth-order valence-corrected chi connectivity index (χ4v) is 5.09. The van der Waals surface area contributed by atoms with Crippen molar-refractivity contribution in [3.05, 3.63) is 59.2 Å². The number of Topliss-reactive ketones (excluding diaryl/α,β-unsaturated/α-hetero) is 1. The Labute approximate surface area is 165 Å². The Bertz CT molecular complexity index is 1030. The molecule has 1 fully saturated rings. The number of fused-ring (bicyclic) bond motifs is 1. The Morgan fingerprint density at radius 3 is 2.57 bits per heavy atom. The Hall–Kier alpha value is -2.38. The fraction of sp³-hybridized carbons (Fsp3) is 0.381. The highest BCUT2D eigenvalue weighted by Crippen LogP contribution is 2.43. The summed E-state index contributed by atoms with van der Waals surface area (Å²) in [5, 5.41) is 0. The first-order valence-corrected chi connectivity index (χ1v) is 11.1. The van der Waals surface area contributed by atoms with Gasteiger partial charge in [-0.1, -0.05) is 30.3 Å². The van der Waals surface area contributed by atoms with Crippen molar-refractivity contribution in [3.8, 4) is 11.5 Å². The van der Waals surface area contributed by atoms with Crippen LogP contribution >= 0.6 is 0 Å². The molecule has 2 heterocycles. The molecule has 1 unspecified atom stereocenters. The van der Waals surface area contributed by atoms with Crippen LogP contribution in [0.3, 0.4) is 0 Å². The van der Waals surface area contributed by atoms with E-state index in [0.29, 0.717) is 30.9 Å². The quantitative estimate of drug-likeness (QED) is 0.791. The van der Waals surface area contributed by atoms with E-state index in [4.69, 9.17) is 9.47 Å². The standard InChI is InChI=1S/C21H23NO5S/c1-15-6-3-4-7-17(15)21(16-9-10-18-19(12-16)27-14-26-18)13-22(28(2,24)25)11-5-8-20(21)23/h3-4,6-7,9-10,12H,5,8,11,13-14H2,1-2H3. The van der Waals surface area contributed by atoms with Crippen LogP contribution in [0.25, 0.3) is 0 Å². The molecule has 1 atom stereocenters. The van der Waals surface area contributed by atoms with Crippen LogP contribution in [0.2, 0.25) is 0 Å². The Balaban J connectivity index is 1.98. The van der Waals surface area contributed by atoms with Gasteiger partial charge in [0, 0.05) is 19.5 Å². The first-order chi connectivity index (χ1) is 13.3. The normalized spacial score (nSPS) is 22.9. The number of hydrogen-bond donors (Lipinski definition) is 0. The molecular formula is C21H23NO5S. The van der Waals surface area contributed by atoms with Gasteiger partial charge >= 0.3 is 0 Å². The molecule has 148 valence electrons. The molecule has 2 aromatic rings. The van der Waals surface area contributed by atoms with Crippen LogP contribution < -0.4 is 9.47 Å². The van der Waals surface area contributed by atoms with E-state index in [1.54, 1.807) is 6.07 Å². The number of benzene rings is 2. The maximum Gasteiger partial charge on any atom is 0.231 e. The maximum absolute atomic E-state index is 13.6. The Morgan fingerprint density at radius 1 is 1.07 bits per heavy atom. The molecule has 2 aliphatic rings. The lowest BCUT2D eigenvalue weighted by molar-refractivity contribution is -0.122. The smallest absolute Gasteiger partial charge is 0.231 e. The molecule has 4 rings (SSSR count). The number of carbonyl (C=O) groups excluding carboxylic acids is 1. The predicted octanol–water partition coefficient (Wildman–Crippen LogP) is 2.63. The van der Waals surface area contributed by atoms with Gasteiger partial charge in [-0.3, -0.25) is 4.79 Å². The highest BCUT2D eigenvalue weighted by molar-refractivity contribution is 7.88. The van der Waals surface area contributed by atoms with Crippen LogP contribution in [0.4, 0.5) is 0 Å². The van der Waals surface area contributed by atoms with Crippen LogP contribution in [0.1, 0.15) is 29.5 Å². The number of ketones is 1. The van der Waals surface area contributed by atoms with Crippen molar-refractivity contribution >= 4 is 15.8 Å². The van der Waals surface area contributed by atoms with E-state index in [2.05, 4.69) is 0 Å². The molecule has 0 aromatic heterocycles. The van der Waals surface area contributed by atoms with Crippen molar-refractivity contribution in [2.24, 2.45) is 0 Å². The average Bonchev–Trinajstić information content (AvgIpc) is 3.04. The molecule has 1 saturated heterocycles. The summed E-state index contributed by atoms with van der Waals surface area (Å²) in [4.78, 5) is 13.6. The summed E-state index contributed by atoms with van der Waals surface area (Å²) < 4.78 is 37.3. The van der Waals surface area contributed by atoms with Gasteiger partial charge < -0.3 is 9.47 Å². The zero-order chi connectivity index (χ0) is 19.9. The van der Waals surface area contributed by atoms with Crippen LogP contribution in [0, 0.1) is 6.92 Å². The van der Waals surface area contributed by atoms with Gasteiger partial charge in [0.05, 0.1) is 11.7 Å². The number of aryl methyl sites for hydroxylation is 1. The molecule has 0 aliphatic carbocycles. The van der Waals surface area contributed by atoms with Crippen molar-refractivity contribution in [1.82, 2.24) is 4.31 Å². The number of rotatable bonds is 3. The minimum absolute atomic E-state index is 0.0202. The number of ether oxygens (including phenoxy) is 2. The van der Waals surface area contributed by atoms with Crippen molar-refractivity contribution < 1.29 is 22.7 Å². The molecule has 0 N–H and O–H groups in total. The molecule has 28 heavy (non-hydrogen) atoms. The second-order valence-corrected chi connectivity index (χ2v) is 9.39. The van der Waals surface area contributed by atoms with Crippen LogP contribution in [0.15, 0.2) is 42.5 Å². The third-order valence-corrected chi connectivity index (χ3v) is 6.89. The lowest BCUT2D eigenvalue weighted by Gasteiger charge is -2.36. The summed E-state index contributed by atoms with van der Waals surface area (Å²) in [5.74, 6) is 1.23. The summed E-state index contributed by atoms with van der Waals surface area (Å²) >= 11 is 0. The molecule has 0 spiro atoms. The van der Waals surface area contributed by atoms with Gasteiger partial charge in [0.15, 0.2) is 11.5 Å². The zero-order valence-corrected chi connectivity index (χ0v) is 16.8. The van der Waals surface area contributed by atoms with Gasteiger partial charge in [0.25, 0.3) is 0 Å². The van der Waals surface area contributed by atoms with Gasteiger partial charge in [-0.25, -0.2) is 12.7 Å². The third kappa shape index (κ3) is 3.08. The molecule has 7 heteroatoms. The largest absolute Gasteiger partial charge is 0.454 e. The molecule has 0 amide bonds. The summed E-state index contributed by atoms with van der Waals surface area (Å²) in [6, 6.07) is 13.1. The first-order valence-electron chi connectivity index (χ1n) is 9.27. The molecule has 2 aromatic carbocycles. The van der Waals surface area contributed by atoms with E-state index < -0.39 is 15.4 Å². The number of nitrogens with zero attached hydrogens (tertiary/aromatic N) is 1. The minimum Gasteiger partial charge on any atom is -0.454 e. The lowest BCUT2D eigenvalue weighted by atomic mass is 9.69. The molecular weight excluding hydrogens is 378 g/mol. The van der Waals surface area contributed by atoms with E-state index in [0.717, 1.165) is 16.7 Å².